The van der Waals surface area contributed by atoms with Gasteiger partial charge in [0.15, 0.2) is 5.69 Å². The number of hydrogen-bond acceptors (Lipinski definition) is 7. The van der Waals surface area contributed by atoms with Crippen molar-refractivity contribution in [3.8, 4) is 22.6 Å². The second-order valence-electron chi connectivity index (χ2n) is 9.78. The van der Waals surface area contributed by atoms with Crippen LogP contribution >= 0.6 is 0 Å². The molecule has 2 aliphatic heterocycles. The fraction of sp³-hybridized carbons (Fsp3) is 0.370. The first-order valence-corrected chi connectivity index (χ1v) is 12.5. The number of benzene rings is 1. The van der Waals surface area contributed by atoms with Crippen LogP contribution in [0.4, 0.5) is 5.69 Å². The smallest absolute Gasteiger partial charge is 0.356 e. The van der Waals surface area contributed by atoms with Gasteiger partial charge in [-0.2, -0.15) is 5.10 Å². The summed E-state index contributed by atoms with van der Waals surface area (Å²) >= 11 is 0. The molecule has 1 aromatic carbocycles. The Labute approximate surface area is 214 Å². The van der Waals surface area contributed by atoms with Crippen molar-refractivity contribution in [3.63, 3.8) is 0 Å². The van der Waals surface area contributed by atoms with Gasteiger partial charge in [0.05, 0.1) is 28.8 Å². The Kier molecular flexibility index (Phi) is 5.75. The molecule has 3 aromatic heterocycles. The van der Waals surface area contributed by atoms with E-state index in [-0.39, 0.29) is 17.7 Å². The predicted octanol–water partition coefficient (Wildman–Crippen LogP) is 3.96. The van der Waals surface area contributed by atoms with Gasteiger partial charge in [-0.05, 0) is 37.3 Å². The van der Waals surface area contributed by atoms with Crippen molar-refractivity contribution in [1.29, 1.82) is 0 Å². The maximum Gasteiger partial charge on any atom is 0.356 e. The molecule has 0 amide bonds. The molecule has 0 spiro atoms. The number of anilines is 1. The summed E-state index contributed by atoms with van der Waals surface area (Å²) in [6, 6.07) is 12.0. The molecule has 2 N–H and O–H groups in total. The molecule has 2 atom stereocenters. The third kappa shape index (κ3) is 3.79. The number of ether oxygens (including phenoxy) is 1. The fourth-order valence-electron chi connectivity index (χ4n) is 6.07. The third-order valence-corrected chi connectivity index (χ3v) is 7.64. The highest BCUT2D eigenvalue weighted by molar-refractivity contribution is 5.96. The highest BCUT2D eigenvalue weighted by atomic mass is 16.5. The lowest BCUT2D eigenvalue weighted by molar-refractivity contribution is 0.0551. The van der Waals surface area contributed by atoms with Crippen LogP contribution in [0.5, 0.6) is 0 Å². The van der Waals surface area contributed by atoms with Crippen LogP contribution < -0.4 is 5.32 Å². The molecule has 0 aliphatic carbocycles. The number of fused-ring (bicyclic) bond motifs is 3. The zero-order chi connectivity index (χ0) is 25.7. The minimum absolute atomic E-state index is 0.00175. The van der Waals surface area contributed by atoms with E-state index in [9.17, 15) is 9.90 Å². The quantitative estimate of drug-likeness (QED) is 0.423. The number of aromatic nitrogens is 6. The molecule has 0 saturated carbocycles. The largest absolute Gasteiger partial charge is 0.476 e. The van der Waals surface area contributed by atoms with Crippen molar-refractivity contribution in [2.24, 2.45) is 20.0 Å². The number of hydrogen-bond donors (Lipinski definition) is 2. The molecular weight excluding hydrogens is 470 g/mol. The summed E-state index contributed by atoms with van der Waals surface area (Å²) < 4.78 is 9.12. The number of rotatable bonds is 5. The number of aromatic carboxylic acids is 1. The Morgan fingerprint density at radius 2 is 1.86 bits per heavy atom. The Morgan fingerprint density at radius 1 is 1.11 bits per heavy atom. The average Bonchev–Trinajstić information content (AvgIpc) is 3.44. The van der Waals surface area contributed by atoms with Crippen LogP contribution in [0.2, 0.25) is 0 Å². The van der Waals surface area contributed by atoms with E-state index in [1.807, 2.05) is 38.2 Å². The van der Waals surface area contributed by atoms with E-state index in [1.54, 1.807) is 22.6 Å². The lowest BCUT2D eigenvalue weighted by Gasteiger charge is -2.40. The van der Waals surface area contributed by atoms with Gasteiger partial charge >= 0.3 is 5.97 Å². The summed E-state index contributed by atoms with van der Waals surface area (Å²) in [5.41, 5.74) is 6.72. The third-order valence-electron chi connectivity index (χ3n) is 7.64. The number of nitrogens with one attached hydrogen (secondary N) is 1. The molecule has 4 aromatic rings. The predicted molar refractivity (Wildman–Crippen MR) is 137 cm³/mol. The summed E-state index contributed by atoms with van der Waals surface area (Å²) in [5.74, 6) is -0.753. The van der Waals surface area contributed by atoms with Gasteiger partial charge in [0.25, 0.3) is 0 Å². The standard InChI is InChI=1S/C27H29N7O3/c1-15-25(34(3)32-30-15)18-9-12-28-24-21(18)29-22(20-23(27(35)36)31-33(2)26(20)24)19(16-7-5-4-6-8-16)17-10-13-37-14-11-17/h4-9,12,17,19,22,29H,10-11,13-14H2,1-3H3,(H,35,36). The van der Waals surface area contributed by atoms with Crippen molar-refractivity contribution in [2.75, 3.05) is 18.5 Å². The molecule has 6 rings (SSSR count). The van der Waals surface area contributed by atoms with Crippen molar-refractivity contribution in [2.45, 2.75) is 31.7 Å². The first-order chi connectivity index (χ1) is 18.0. The number of pyridine rings is 1. The highest BCUT2D eigenvalue weighted by Crippen LogP contribution is 2.52. The summed E-state index contributed by atoms with van der Waals surface area (Å²) in [7, 11) is 3.66. The summed E-state index contributed by atoms with van der Waals surface area (Å²) in [6.07, 6.45) is 3.54. The van der Waals surface area contributed by atoms with Crippen LogP contribution in [0, 0.1) is 12.8 Å². The number of aryl methyl sites for hydroxylation is 3. The van der Waals surface area contributed by atoms with Crippen molar-refractivity contribution in [1.82, 2.24) is 29.8 Å². The van der Waals surface area contributed by atoms with Crippen molar-refractivity contribution in [3.05, 3.63) is 65.1 Å². The van der Waals surface area contributed by atoms with Gasteiger partial charge in [-0.1, -0.05) is 35.5 Å². The van der Waals surface area contributed by atoms with Gasteiger partial charge < -0.3 is 15.2 Å². The molecule has 0 radical (unpaired) electrons. The Bertz CT molecular complexity index is 1450. The molecule has 190 valence electrons. The lowest BCUT2D eigenvalue weighted by Crippen LogP contribution is -2.33. The van der Waals surface area contributed by atoms with Crippen molar-refractivity contribution < 1.29 is 14.6 Å². The minimum Gasteiger partial charge on any atom is -0.476 e. The van der Waals surface area contributed by atoms with Crippen molar-refractivity contribution >= 4 is 11.7 Å². The topological polar surface area (TPSA) is 120 Å². The Hall–Kier alpha value is -4.05. The molecule has 1 fully saturated rings. The SMILES string of the molecule is Cc1nnn(C)c1-c1ccnc2c1NC(C(c1ccccc1)C1CCOCC1)c1c(C(=O)O)nn(C)c1-2. The average molecular weight is 500 g/mol. The van der Waals surface area contributed by atoms with Crippen LogP contribution in [-0.4, -0.2) is 54.0 Å². The molecule has 2 aliphatic rings. The number of carboxylic acids is 1. The lowest BCUT2D eigenvalue weighted by atomic mass is 9.73. The van der Waals surface area contributed by atoms with E-state index in [2.05, 4.69) is 32.9 Å². The maximum absolute atomic E-state index is 12.5. The molecule has 10 heteroatoms. The van der Waals surface area contributed by atoms with Crippen LogP contribution in [0.1, 0.15) is 52.1 Å². The molecule has 5 heterocycles. The van der Waals surface area contributed by atoms with Crippen LogP contribution in [0.25, 0.3) is 22.6 Å². The normalized spacial score (nSPS) is 18.1. The number of carbonyl (C=O) groups is 1. The second-order valence-corrected chi connectivity index (χ2v) is 9.78. The molecule has 37 heavy (non-hydrogen) atoms. The van der Waals surface area contributed by atoms with Gasteiger partial charge in [-0.25, -0.2) is 9.48 Å². The first-order valence-electron chi connectivity index (χ1n) is 12.5. The molecule has 2 unspecified atom stereocenters. The Morgan fingerprint density at radius 3 is 2.54 bits per heavy atom. The summed E-state index contributed by atoms with van der Waals surface area (Å²) in [6.45, 7) is 3.31. The molecule has 10 nitrogen and oxygen atoms in total. The monoisotopic (exact) mass is 499 g/mol. The fourth-order valence-corrected chi connectivity index (χ4v) is 6.07. The van der Waals surface area contributed by atoms with Gasteiger partial charge in [0, 0.05) is 50.6 Å². The maximum atomic E-state index is 12.5. The van der Waals surface area contributed by atoms with E-state index < -0.39 is 5.97 Å². The minimum atomic E-state index is -1.05. The van der Waals surface area contributed by atoms with Crippen LogP contribution in [0.3, 0.4) is 0 Å². The van der Waals surface area contributed by atoms with Gasteiger partial charge in [0.1, 0.15) is 5.69 Å². The second kappa shape index (κ2) is 9.11. The summed E-state index contributed by atoms with van der Waals surface area (Å²) in [4.78, 5) is 17.2. The number of nitrogens with zero attached hydrogens (tertiary/aromatic N) is 6. The Balaban J connectivity index is 1.62. The molecule has 0 bridgehead atoms. The number of carboxylic acid groups (broad SMARTS) is 1. The van der Waals surface area contributed by atoms with E-state index in [1.165, 1.54) is 0 Å². The van der Waals surface area contributed by atoms with Gasteiger partial charge in [-0.3, -0.25) is 9.67 Å². The van der Waals surface area contributed by atoms with E-state index >= 15 is 0 Å². The van der Waals surface area contributed by atoms with E-state index in [0.717, 1.165) is 46.7 Å². The first kappa shape index (κ1) is 23.4. The zero-order valence-electron chi connectivity index (χ0n) is 21.0. The zero-order valence-corrected chi connectivity index (χ0v) is 21.0. The highest BCUT2D eigenvalue weighted by Gasteiger charge is 2.43. The molecular formula is C27H29N7O3. The summed E-state index contributed by atoms with van der Waals surface area (Å²) in [5, 5.41) is 26.9. The van der Waals surface area contributed by atoms with Gasteiger partial charge in [0.2, 0.25) is 0 Å². The van der Waals surface area contributed by atoms with Crippen LogP contribution in [0.15, 0.2) is 42.6 Å². The van der Waals surface area contributed by atoms with E-state index in [0.29, 0.717) is 30.4 Å². The van der Waals surface area contributed by atoms with Gasteiger partial charge in [-0.15, -0.1) is 5.10 Å². The van der Waals surface area contributed by atoms with Crippen LogP contribution in [-0.2, 0) is 18.8 Å². The van der Waals surface area contributed by atoms with E-state index in [4.69, 9.17) is 9.72 Å². The molecule has 1 saturated heterocycles.